The number of hydrogen-bond donors (Lipinski definition) is 6. The molecule has 171 valence electrons. The van der Waals surface area contributed by atoms with Crippen molar-refractivity contribution < 1.29 is 46.5 Å². The van der Waals surface area contributed by atoms with Crippen LogP contribution in [0.25, 0.3) is 0 Å². The van der Waals surface area contributed by atoms with Crippen molar-refractivity contribution in [2.45, 2.75) is 50.6 Å². The molecule has 0 aliphatic heterocycles. The summed E-state index contributed by atoms with van der Waals surface area (Å²) in [5, 5.41) is 22.1. The molecule has 8 N–H and O–H groups in total. The topological polar surface area (TPSA) is 185 Å². The monoisotopic (exact) mass is 463 g/mol. The first-order valence-corrected chi connectivity index (χ1v) is 8.95. The van der Waals surface area contributed by atoms with Gasteiger partial charge in [-0.2, -0.15) is 0 Å². The van der Waals surface area contributed by atoms with Crippen LogP contribution in [0.3, 0.4) is 0 Å². The molecule has 0 spiro atoms. The number of nitrogens with two attached hydrogens (primary N) is 2. The summed E-state index contributed by atoms with van der Waals surface area (Å²) in [6.07, 6.45) is 5.78. The van der Waals surface area contributed by atoms with Gasteiger partial charge in [-0.05, 0) is 63.8 Å². The molecule has 0 fully saturated rings. The summed E-state index contributed by atoms with van der Waals surface area (Å²) in [7, 11) is 0. The van der Waals surface area contributed by atoms with Crippen LogP contribution < -0.4 is 22.1 Å². The second-order valence-corrected chi connectivity index (χ2v) is 5.78. The minimum atomic E-state index is -1.03. The number of hydrogen-bond acceptors (Lipinski definition) is 6. The van der Waals surface area contributed by atoms with E-state index in [1.807, 2.05) is 0 Å². The molecule has 29 heavy (non-hydrogen) atoms. The van der Waals surface area contributed by atoms with Gasteiger partial charge in [0.2, 0.25) is 11.8 Å². The third-order valence-corrected chi connectivity index (χ3v) is 3.49. The first-order valence-electron chi connectivity index (χ1n) is 8.95. The van der Waals surface area contributed by atoms with Crippen LogP contribution in [0.5, 0.6) is 0 Å². The molecule has 0 aromatic carbocycles. The molecule has 10 nitrogen and oxygen atoms in total. The Bertz CT molecular complexity index is 484. The molecule has 11 heteroatoms. The van der Waals surface area contributed by atoms with E-state index in [1.165, 1.54) is 0 Å². The predicted molar refractivity (Wildman–Crippen MR) is 105 cm³/mol. The standard InChI is InChI=1S/2C9H16N2O3.Cu/c2*1-2-8(12)11-7(9(13)14)5-3-4-6-10;/h2*2,7H,1,3-6,10H2,(H,11,12)(H,13,14);/t2*7-;/m00./s1. The second kappa shape index (κ2) is 20.5. The van der Waals surface area contributed by atoms with Gasteiger partial charge < -0.3 is 32.3 Å². The van der Waals surface area contributed by atoms with Gasteiger partial charge in [0.25, 0.3) is 0 Å². The van der Waals surface area contributed by atoms with E-state index in [0.717, 1.165) is 25.0 Å². The molecule has 0 heterocycles. The number of nitrogens with one attached hydrogen (secondary N) is 2. The number of carboxylic acid groups (broad SMARTS) is 2. The predicted octanol–water partition coefficient (Wildman–Crippen LogP) is -0.261. The Balaban J connectivity index is -0.000000451. The fourth-order valence-corrected chi connectivity index (χ4v) is 1.96. The van der Waals surface area contributed by atoms with Crippen molar-refractivity contribution in [3.8, 4) is 0 Å². The van der Waals surface area contributed by atoms with Crippen LogP contribution >= 0.6 is 0 Å². The molecule has 0 saturated carbocycles. The Labute approximate surface area is 181 Å². The smallest absolute Gasteiger partial charge is 0.326 e. The van der Waals surface area contributed by atoms with E-state index in [4.69, 9.17) is 21.7 Å². The van der Waals surface area contributed by atoms with Gasteiger partial charge in [0.15, 0.2) is 0 Å². The third kappa shape index (κ3) is 18.9. The molecule has 0 aromatic rings. The Morgan fingerprint density at radius 3 is 1.28 bits per heavy atom. The minimum absolute atomic E-state index is 0. The fourth-order valence-electron chi connectivity index (χ4n) is 1.96. The summed E-state index contributed by atoms with van der Waals surface area (Å²) in [4.78, 5) is 43.0. The summed E-state index contributed by atoms with van der Waals surface area (Å²) in [6, 6.07) is -1.68. The summed E-state index contributed by atoms with van der Waals surface area (Å²) < 4.78 is 0. The van der Waals surface area contributed by atoms with Crippen LogP contribution in [0.1, 0.15) is 38.5 Å². The molecular weight excluding hydrogens is 432 g/mol. The maximum absolute atomic E-state index is 10.8. The van der Waals surface area contributed by atoms with E-state index in [1.54, 1.807) is 0 Å². The van der Waals surface area contributed by atoms with Crippen LogP contribution in [0.2, 0.25) is 0 Å². The van der Waals surface area contributed by atoms with Crippen molar-refractivity contribution >= 4 is 23.8 Å². The third-order valence-electron chi connectivity index (χ3n) is 3.49. The fraction of sp³-hybridized carbons (Fsp3) is 0.556. The number of carboxylic acids is 2. The van der Waals surface area contributed by atoms with Crippen LogP contribution in [-0.4, -0.2) is 59.1 Å². The van der Waals surface area contributed by atoms with Crippen LogP contribution in [-0.2, 0) is 36.2 Å². The number of amides is 2. The Morgan fingerprint density at radius 1 is 0.759 bits per heavy atom. The molecule has 0 rings (SSSR count). The number of aliphatic carboxylic acids is 2. The van der Waals surface area contributed by atoms with E-state index in [-0.39, 0.29) is 17.1 Å². The van der Waals surface area contributed by atoms with Gasteiger partial charge in [-0.25, -0.2) is 9.59 Å². The maximum atomic E-state index is 10.8. The molecule has 0 aliphatic carbocycles. The number of carbonyl (C=O) groups excluding carboxylic acids is 2. The van der Waals surface area contributed by atoms with E-state index < -0.39 is 35.8 Å². The van der Waals surface area contributed by atoms with Gasteiger partial charge in [-0.3, -0.25) is 9.59 Å². The normalized spacial score (nSPS) is 11.4. The van der Waals surface area contributed by atoms with Gasteiger partial charge in [-0.15, -0.1) is 0 Å². The molecule has 0 aromatic heterocycles. The first-order chi connectivity index (χ1) is 13.2. The van der Waals surface area contributed by atoms with E-state index in [9.17, 15) is 19.2 Å². The minimum Gasteiger partial charge on any atom is -0.480 e. The van der Waals surface area contributed by atoms with Crippen LogP contribution in [0, 0.1) is 0 Å². The summed E-state index contributed by atoms with van der Waals surface area (Å²) in [5.74, 6) is -3.00. The average Bonchev–Trinajstić information content (AvgIpc) is 2.66. The van der Waals surface area contributed by atoms with Crippen molar-refractivity contribution in [3.63, 3.8) is 0 Å². The van der Waals surface area contributed by atoms with E-state index >= 15 is 0 Å². The van der Waals surface area contributed by atoms with Gasteiger partial charge in [0.05, 0.1) is 0 Å². The van der Waals surface area contributed by atoms with E-state index in [2.05, 4.69) is 23.8 Å². The molecule has 2 atom stereocenters. The van der Waals surface area contributed by atoms with Gasteiger partial charge in [-0.1, -0.05) is 13.2 Å². The quantitative estimate of drug-likeness (QED) is 0.115. The second-order valence-electron chi connectivity index (χ2n) is 5.78. The van der Waals surface area contributed by atoms with Gasteiger partial charge in [0.1, 0.15) is 12.1 Å². The zero-order valence-electron chi connectivity index (χ0n) is 16.4. The van der Waals surface area contributed by atoms with Gasteiger partial charge in [0, 0.05) is 17.1 Å². The zero-order valence-corrected chi connectivity index (χ0v) is 17.3. The van der Waals surface area contributed by atoms with E-state index in [0.29, 0.717) is 38.8 Å². The molecule has 2 amide bonds. The van der Waals surface area contributed by atoms with Crippen molar-refractivity contribution in [2.75, 3.05) is 13.1 Å². The van der Waals surface area contributed by atoms with Crippen LogP contribution in [0.4, 0.5) is 0 Å². The largest absolute Gasteiger partial charge is 0.480 e. The molecule has 0 aliphatic rings. The Morgan fingerprint density at radius 2 is 1.07 bits per heavy atom. The summed E-state index contributed by atoms with van der Waals surface area (Å²) >= 11 is 0. The van der Waals surface area contributed by atoms with Crippen molar-refractivity contribution in [2.24, 2.45) is 11.5 Å². The number of unbranched alkanes of at least 4 members (excludes halogenated alkanes) is 2. The Kier molecular flexibility index (Phi) is 22.3. The SMILES string of the molecule is C=CC(=O)N[C@@H](CCCCN)C(=O)O.C=CC(=O)N[C@@H](CCCCN)C(=O)O.[Cu]. The zero-order chi connectivity index (χ0) is 21.9. The van der Waals surface area contributed by atoms with Crippen molar-refractivity contribution in [1.29, 1.82) is 0 Å². The van der Waals surface area contributed by atoms with Crippen molar-refractivity contribution in [1.82, 2.24) is 10.6 Å². The van der Waals surface area contributed by atoms with Crippen LogP contribution in [0.15, 0.2) is 25.3 Å². The summed E-state index contributed by atoms with van der Waals surface area (Å²) in [6.45, 7) is 7.55. The maximum Gasteiger partial charge on any atom is 0.326 e. The molecular formula is C18H32CuN4O6. The molecule has 1 radical (unpaired) electrons. The molecule has 0 saturated heterocycles. The molecule has 0 unspecified atom stereocenters. The Hall–Kier alpha value is -2.20. The average molecular weight is 464 g/mol. The summed E-state index contributed by atoms with van der Waals surface area (Å²) in [5.41, 5.74) is 10.5. The van der Waals surface area contributed by atoms with Gasteiger partial charge >= 0.3 is 11.9 Å². The first kappa shape index (κ1) is 31.5. The van der Waals surface area contributed by atoms with Crippen molar-refractivity contribution in [3.05, 3.63) is 25.3 Å². The number of rotatable bonds is 14. The number of carbonyl (C=O) groups is 4. The molecule has 0 bridgehead atoms.